The summed E-state index contributed by atoms with van der Waals surface area (Å²) in [5, 5.41) is 14.0. The van der Waals surface area contributed by atoms with E-state index in [1.807, 2.05) is 35.9 Å². The Labute approximate surface area is 203 Å². The number of pyridine rings is 1. The van der Waals surface area contributed by atoms with Gasteiger partial charge in [-0.05, 0) is 78.9 Å². The maximum Gasteiger partial charge on any atom is 0.254 e. The maximum atomic E-state index is 13.6. The smallest absolute Gasteiger partial charge is 0.254 e. The Morgan fingerprint density at radius 3 is 2.83 bits per heavy atom. The third-order valence-corrected chi connectivity index (χ3v) is 7.34. The van der Waals surface area contributed by atoms with E-state index < -0.39 is 6.04 Å². The Kier molecular flexibility index (Phi) is 5.72. The number of anilines is 1. The summed E-state index contributed by atoms with van der Waals surface area (Å²) in [6.45, 7) is 3.38. The van der Waals surface area contributed by atoms with Gasteiger partial charge in [0.25, 0.3) is 5.56 Å². The van der Waals surface area contributed by atoms with Gasteiger partial charge in [0, 0.05) is 28.7 Å². The zero-order valence-electron chi connectivity index (χ0n) is 20.0. The van der Waals surface area contributed by atoms with Crippen molar-refractivity contribution in [3.05, 3.63) is 75.8 Å². The molecule has 0 unspecified atom stereocenters. The van der Waals surface area contributed by atoms with Gasteiger partial charge in [0.15, 0.2) is 5.82 Å². The van der Waals surface area contributed by atoms with Crippen molar-refractivity contribution in [1.29, 1.82) is 0 Å². The van der Waals surface area contributed by atoms with E-state index in [2.05, 4.69) is 49.7 Å². The first kappa shape index (κ1) is 21.8. The minimum absolute atomic E-state index is 0.115. The van der Waals surface area contributed by atoms with Crippen LogP contribution >= 0.6 is 0 Å². The van der Waals surface area contributed by atoms with E-state index in [4.69, 9.17) is 4.74 Å². The zero-order valence-corrected chi connectivity index (χ0v) is 20.0. The van der Waals surface area contributed by atoms with Gasteiger partial charge in [-0.3, -0.25) is 4.79 Å². The van der Waals surface area contributed by atoms with Gasteiger partial charge in [-0.1, -0.05) is 31.0 Å². The average Bonchev–Trinajstić information content (AvgIpc) is 3.57. The van der Waals surface area contributed by atoms with E-state index in [0.717, 1.165) is 60.4 Å². The van der Waals surface area contributed by atoms with Crippen LogP contribution in [0.3, 0.4) is 0 Å². The molecule has 0 amide bonds. The van der Waals surface area contributed by atoms with Gasteiger partial charge in [-0.15, -0.1) is 5.10 Å². The van der Waals surface area contributed by atoms with Crippen molar-refractivity contribution in [2.24, 2.45) is 0 Å². The first-order valence-corrected chi connectivity index (χ1v) is 12.6. The van der Waals surface area contributed by atoms with E-state index in [0.29, 0.717) is 12.2 Å². The standard InChI is InChI=1S/C27H30N6O2/c1-2-35-21-13-14-23-19(16-21)17-22(27(34)28-23)25(26-29-30-31-33(26)20-10-4-5-11-20)32-15-7-9-18-8-3-6-12-24(18)32/h3,6,8,12-14,16-17,20,25H,2,4-5,7,9-11,15H2,1H3,(H,28,34)/t25-/m0/s1. The van der Waals surface area contributed by atoms with E-state index in [1.54, 1.807) is 0 Å². The summed E-state index contributed by atoms with van der Waals surface area (Å²) in [4.78, 5) is 19.0. The van der Waals surface area contributed by atoms with Crippen LogP contribution in [0.4, 0.5) is 5.69 Å². The summed E-state index contributed by atoms with van der Waals surface area (Å²) in [6, 6.07) is 16.1. The summed E-state index contributed by atoms with van der Waals surface area (Å²) < 4.78 is 7.71. The Morgan fingerprint density at radius 1 is 1.11 bits per heavy atom. The molecule has 0 spiro atoms. The van der Waals surface area contributed by atoms with Gasteiger partial charge < -0.3 is 14.6 Å². The number of benzene rings is 2. The van der Waals surface area contributed by atoms with Crippen LogP contribution in [-0.4, -0.2) is 38.3 Å². The molecule has 2 aromatic heterocycles. The number of hydrogen-bond acceptors (Lipinski definition) is 6. The second-order valence-electron chi connectivity index (χ2n) is 9.48. The number of fused-ring (bicyclic) bond motifs is 2. The van der Waals surface area contributed by atoms with Crippen LogP contribution in [0.2, 0.25) is 0 Å². The normalized spacial score (nSPS) is 17.0. The number of rotatable bonds is 6. The summed E-state index contributed by atoms with van der Waals surface area (Å²) in [5.74, 6) is 1.52. The quantitative estimate of drug-likeness (QED) is 0.444. The van der Waals surface area contributed by atoms with Gasteiger partial charge in [0.1, 0.15) is 11.8 Å². The predicted molar refractivity (Wildman–Crippen MR) is 135 cm³/mol. The van der Waals surface area contributed by atoms with Crippen molar-refractivity contribution in [1.82, 2.24) is 25.2 Å². The molecule has 1 aliphatic heterocycles. The van der Waals surface area contributed by atoms with Crippen LogP contribution in [0, 0.1) is 0 Å². The lowest BCUT2D eigenvalue weighted by atomic mass is 9.96. The molecule has 180 valence electrons. The van der Waals surface area contributed by atoms with Crippen LogP contribution in [0.1, 0.15) is 68.1 Å². The molecule has 1 aliphatic carbocycles. The SMILES string of the molecule is CCOc1ccc2[nH]c(=O)c([C@@H](c3nnnn3C3CCCC3)N3CCCc4ccccc43)cc2c1. The molecule has 1 saturated carbocycles. The van der Waals surface area contributed by atoms with Gasteiger partial charge in [-0.2, -0.15) is 0 Å². The Bertz CT molecular complexity index is 1400. The Hall–Kier alpha value is -3.68. The van der Waals surface area contributed by atoms with Crippen molar-refractivity contribution in [3.63, 3.8) is 0 Å². The topological polar surface area (TPSA) is 88.9 Å². The second kappa shape index (κ2) is 9.17. The summed E-state index contributed by atoms with van der Waals surface area (Å²) in [5.41, 5.74) is 3.76. The maximum absolute atomic E-state index is 13.6. The Morgan fingerprint density at radius 2 is 1.97 bits per heavy atom. The molecule has 3 heterocycles. The van der Waals surface area contributed by atoms with Crippen LogP contribution < -0.4 is 15.2 Å². The highest BCUT2D eigenvalue weighted by atomic mass is 16.5. The van der Waals surface area contributed by atoms with Crippen molar-refractivity contribution in [2.75, 3.05) is 18.1 Å². The molecule has 8 heteroatoms. The predicted octanol–water partition coefficient (Wildman–Crippen LogP) is 4.57. The first-order chi connectivity index (χ1) is 17.2. The molecule has 35 heavy (non-hydrogen) atoms. The molecule has 8 nitrogen and oxygen atoms in total. The molecule has 2 aliphatic rings. The van der Waals surface area contributed by atoms with E-state index >= 15 is 0 Å². The average molecular weight is 471 g/mol. The van der Waals surface area contributed by atoms with Crippen molar-refractivity contribution in [3.8, 4) is 5.75 Å². The van der Waals surface area contributed by atoms with Crippen molar-refractivity contribution < 1.29 is 4.74 Å². The van der Waals surface area contributed by atoms with E-state index in [9.17, 15) is 4.79 Å². The van der Waals surface area contributed by atoms with Crippen molar-refractivity contribution >= 4 is 16.6 Å². The summed E-state index contributed by atoms with van der Waals surface area (Å²) in [7, 11) is 0. The molecule has 0 saturated heterocycles. The number of H-pyrrole nitrogens is 1. The molecule has 1 fully saturated rings. The molecule has 2 aromatic carbocycles. The molecule has 0 radical (unpaired) electrons. The van der Waals surface area contributed by atoms with Gasteiger partial charge in [0.2, 0.25) is 0 Å². The number of nitrogens with zero attached hydrogens (tertiary/aromatic N) is 5. The first-order valence-electron chi connectivity index (χ1n) is 12.6. The summed E-state index contributed by atoms with van der Waals surface area (Å²) >= 11 is 0. The fourth-order valence-electron chi connectivity index (χ4n) is 5.73. The molecule has 6 rings (SSSR count). The fraction of sp³-hybridized carbons (Fsp3) is 0.407. The van der Waals surface area contributed by atoms with Gasteiger partial charge in [0.05, 0.1) is 12.6 Å². The zero-order chi connectivity index (χ0) is 23.8. The lowest BCUT2D eigenvalue weighted by Gasteiger charge is -2.37. The number of hydrogen-bond donors (Lipinski definition) is 1. The van der Waals surface area contributed by atoms with Crippen molar-refractivity contribution in [2.45, 2.75) is 57.5 Å². The van der Waals surface area contributed by atoms with E-state index in [-0.39, 0.29) is 11.6 Å². The van der Waals surface area contributed by atoms with Crippen LogP contribution in [0.15, 0.2) is 53.3 Å². The highest BCUT2D eigenvalue weighted by Crippen LogP contribution is 2.39. The highest BCUT2D eigenvalue weighted by molar-refractivity contribution is 5.81. The second-order valence-corrected chi connectivity index (χ2v) is 9.48. The number of aromatic amines is 1. The van der Waals surface area contributed by atoms with Crippen LogP contribution in [0.5, 0.6) is 5.75 Å². The van der Waals surface area contributed by atoms with Crippen LogP contribution in [-0.2, 0) is 6.42 Å². The van der Waals surface area contributed by atoms with Gasteiger partial charge in [-0.25, -0.2) is 4.68 Å². The Balaban J connectivity index is 1.55. The third kappa shape index (κ3) is 3.96. The molecular weight excluding hydrogens is 440 g/mol. The fourth-order valence-corrected chi connectivity index (χ4v) is 5.73. The molecule has 1 atom stereocenters. The molecule has 1 N–H and O–H groups in total. The molecule has 4 aromatic rings. The number of aromatic nitrogens is 5. The number of ether oxygens (including phenoxy) is 1. The van der Waals surface area contributed by atoms with Gasteiger partial charge >= 0.3 is 0 Å². The number of tetrazole rings is 1. The highest BCUT2D eigenvalue weighted by Gasteiger charge is 2.35. The lowest BCUT2D eigenvalue weighted by Crippen LogP contribution is -2.38. The number of nitrogens with one attached hydrogen (secondary N) is 1. The minimum atomic E-state index is -0.393. The molecular formula is C27H30N6O2. The lowest BCUT2D eigenvalue weighted by molar-refractivity contribution is 0.340. The molecule has 0 bridgehead atoms. The van der Waals surface area contributed by atoms with E-state index in [1.165, 1.54) is 18.4 Å². The monoisotopic (exact) mass is 470 g/mol. The largest absolute Gasteiger partial charge is 0.494 e. The van der Waals surface area contributed by atoms with Crippen LogP contribution in [0.25, 0.3) is 10.9 Å². The number of aryl methyl sites for hydroxylation is 1. The number of para-hydroxylation sites is 1. The minimum Gasteiger partial charge on any atom is -0.494 e. The third-order valence-electron chi connectivity index (χ3n) is 7.34. The summed E-state index contributed by atoms with van der Waals surface area (Å²) in [6.07, 6.45) is 6.52.